The molecule has 1 aliphatic carbocycles. The summed E-state index contributed by atoms with van der Waals surface area (Å²) in [5.74, 6) is 0.680. The first-order valence-corrected chi connectivity index (χ1v) is 7.63. The van der Waals surface area contributed by atoms with Crippen LogP contribution in [0.4, 0.5) is 16.2 Å². The first-order valence-electron chi connectivity index (χ1n) is 7.63. The van der Waals surface area contributed by atoms with Crippen LogP contribution in [-0.2, 0) is 0 Å². The molecule has 1 atom stereocenters. The van der Waals surface area contributed by atoms with Gasteiger partial charge in [-0.25, -0.2) is 4.79 Å². The van der Waals surface area contributed by atoms with E-state index in [9.17, 15) is 4.79 Å². The number of anilines is 2. The number of rotatable bonds is 4. The highest BCUT2D eigenvalue weighted by molar-refractivity contribution is 5.91. The van der Waals surface area contributed by atoms with Crippen LogP contribution < -0.4 is 10.2 Å². The molecule has 1 aromatic rings. The average molecular weight is 289 g/mol. The number of hydrogen-bond donors (Lipinski definition) is 1. The Bertz CT molecular complexity index is 512. The van der Waals surface area contributed by atoms with Gasteiger partial charge < -0.3 is 15.1 Å². The molecule has 1 aromatic carbocycles. The van der Waals surface area contributed by atoms with Gasteiger partial charge in [-0.3, -0.25) is 0 Å². The van der Waals surface area contributed by atoms with Crippen molar-refractivity contribution in [2.24, 2.45) is 5.92 Å². The van der Waals surface area contributed by atoms with Crippen LogP contribution in [0.25, 0.3) is 0 Å². The second-order valence-corrected chi connectivity index (χ2v) is 6.47. The molecule has 2 amide bonds. The van der Waals surface area contributed by atoms with Crippen molar-refractivity contribution in [2.75, 3.05) is 31.4 Å². The fourth-order valence-corrected chi connectivity index (χ4v) is 2.67. The second-order valence-electron chi connectivity index (χ2n) is 6.47. The number of urea groups is 1. The molecule has 1 saturated carbocycles. The predicted octanol–water partition coefficient (Wildman–Crippen LogP) is 3.63. The molecule has 4 heteroatoms. The van der Waals surface area contributed by atoms with Crippen molar-refractivity contribution in [3.8, 4) is 0 Å². The van der Waals surface area contributed by atoms with E-state index in [1.807, 2.05) is 39.9 Å². The zero-order chi connectivity index (χ0) is 15.7. The van der Waals surface area contributed by atoms with E-state index in [-0.39, 0.29) is 6.03 Å². The first kappa shape index (κ1) is 15.7. The Morgan fingerprint density at radius 2 is 1.71 bits per heavy atom. The Morgan fingerprint density at radius 3 is 2.14 bits per heavy atom. The van der Waals surface area contributed by atoms with Gasteiger partial charge in [0.05, 0.1) is 0 Å². The summed E-state index contributed by atoms with van der Waals surface area (Å²) in [5, 5.41) is 3.08. The summed E-state index contributed by atoms with van der Waals surface area (Å²) in [6, 6.07) is 4.50. The van der Waals surface area contributed by atoms with Gasteiger partial charge in [0.25, 0.3) is 0 Å². The zero-order valence-corrected chi connectivity index (χ0v) is 14.0. The molecule has 0 spiro atoms. The minimum atomic E-state index is -0.0156. The Labute approximate surface area is 128 Å². The van der Waals surface area contributed by atoms with E-state index in [4.69, 9.17) is 0 Å². The van der Waals surface area contributed by atoms with Crippen LogP contribution in [-0.4, -0.2) is 38.1 Å². The van der Waals surface area contributed by atoms with Crippen molar-refractivity contribution in [1.82, 2.24) is 4.90 Å². The van der Waals surface area contributed by atoms with Gasteiger partial charge in [-0.2, -0.15) is 0 Å². The van der Waals surface area contributed by atoms with Gasteiger partial charge in [-0.15, -0.1) is 0 Å². The highest BCUT2D eigenvalue weighted by Crippen LogP contribution is 2.35. The third-order valence-electron chi connectivity index (χ3n) is 4.50. The minimum Gasteiger partial charge on any atom is -0.378 e. The van der Waals surface area contributed by atoms with Crippen LogP contribution in [0.3, 0.4) is 0 Å². The van der Waals surface area contributed by atoms with Gasteiger partial charge in [0.1, 0.15) is 0 Å². The highest BCUT2D eigenvalue weighted by Gasteiger charge is 2.32. The lowest BCUT2D eigenvalue weighted by molar-refractivity contribution is 0.201. The molecule has 0 unspecified atom stereocenters. The molecule has 0 aliphatic heterocycles. The van der Waals surface area contributed by atoms with Gasteiger partial charge in [-0.05, 0) is 62.8 Å². The van der Waals surface area contributed by atoms with Crippen LogP contribution >= 0.6 is 0 Å². The largest absolute Gasteiger partial charge is 0.378 e. The first-order chi connectivity index (χ1) is 9.81. The van der Waals surface area contributed by atoms with Crippen LogP contribution in [0, 0.1) is 19.8 Å². The van der Waals surface area contributed by atoms with Gasteiger partial charge in [0.15, 0.2) is 0 Å². The normalized spacial score (nSPS) is 15.5. The van der Waals surface area contributed by atoms with Crippen molar-refractivity contribution in [1.29, 1.82) is 0 Å². The van der Waals surface area contributed by atoms with Gasteiger partial charge >= 0.3 is 6.03 Å². The molecule has 2 rings (SSSR count). The number of carbonyl (C=O) groups excluding carboxylic acids is 1. The standard InChI is InChI=1S/C17H27N3O/c1-11-9-15(19(4)5)10-12(2)16(11)18-17(21)20(6)13(3)14-7-8-14/h9-10,13-14H,7-8H2,1-6H3,(H,18,21)/t13-/m1/s1. The van der Waals surface area contributed by atoms with E-state index in [0.29, 0.717) is 12.0 Å². The smallest absolute Gasteiger partial charge is 0.321 e. The summed E-state index contributed by atoms with van der Waals surface area (Å²) in [4.78, 5) is 16.3. The molecule has 1 fully saturated rings. The Hall–Kier alpha value is -1.71. The summed E-state index contributed by atoms with van der Waals surface area (Å²) < 4.78 is 0. The molecule has 4 nitrogen and oxygen atoms in total. The Kier molecular flexibility index (Phi) is 4.45. The van der Waals surface area contributed by atoms with E-state index in [1.165, 1.54) is 12.8 Å². The highest BCUT2D eigenvalue weighted by atomic mass is 16.2. The van der Waals surface area contributed by atoms with Crippen LogP contribution in [0.2, 0.25) is 0 Å². The molecular weight excluding hydrogens is 262 g/mol. The molecule has 1 N–H and O–H groups in total. The number of amides is 2. The van der Waals surface area contributed by atoms with Gasteiger partial charge in [0, 0.05) is 38.6 Å². The summed E-state index contributed by atoms with van der Waals surface area (Å²) in [6.07, 6.45) is 2.49. The van der Waals surface area contributed by atoms with E-state index < -0.39 is 0 Å². The third-order valence-corrected chi connectivity index (χ3v) is 4.50. The molecule has 0 radical (unpaired) electrons. The summed E-state index contributed by atoms with van der Waals surface area (Å²) in [7, 11) is 5.94. The lowest BCUT2D eigenvalue weighted by Gasteiger charge is -2.26. The van der Waals surface area contributed by atoms with Crippen molar-refractivity contribution in [3.05, 3.63) is 23.3 Å². The number of hydrogen-bond acceptors (Lipinski definition) is 2. The lowest BCUT2D eigenvalue weighted by Crippen LogP contribution is -2.39. The maximum absolute atomic E-state index is 12.4. The van der Waals surface area contributed by atoms with Gasteiger partial charge in [-0.1, -0.05) is 0 Å². The molecule has 21 heavy (non-hydrogen) atoms. The van der Waals surface area contributed by atoms with Crippen molar-refractivity contribution in [2.45, 2.75) is 39.7 Å². The fraction of sp³-hybridized carbons (Fsp3) is 0.588. The van der Waals surface area contributed by atoms with Gasteiger partial charge in [0.2, 0.25) is 0 Å². The molecule has 116 valence electrons. The molecule has 0 bridgehead atoms. The minimum absolute atomic E-state index is 0.0156. The summed E-state index contributed by atoms with van der Waals surface area (Å²) in [5.41, 5.74) is 4.28. The monoisotopic (exact) mass is 289 g/mol. The van der Waals surface area contributed by atoms with E-state index in [0.717, 1.165) is 22.5 Å². The van der Waals surface area contributed by atoms with Crippen LogP contribution in [0.5, 0.6) is 0 Å². The number of benzene rings is 1. The average Bonchev–Trinajstić information content (AvgIpc) is 3.24. The lowest BCUT2D eigenvalue weighted by atomic mass is 10.1. The van der Waals surface area contributed by atoms with E-state index in [2.05, 4.69) is 29.3 Å². The predicted molar refractivity (Wildman–Crippen MR) is 89.2 cm³/mol. The van der Waals surface area contributed by atoms with Crippen LogP contribution in [0.15, 0.2) is 12.1 Å². The maximum Gasteiger partial charge on any atom is 0.321 e. The van der Waals surface area contributed by atoms with Crippen LogP contribution in [0.1, 0.15) is 30.9 Å². The zero-order valence-electron chi connectivity index (χ0n) is 14.0. The third kappa shape index (κ3) is 3.49. The fourth-order valence-electron chi connectivity index (χ4n) is 2.67. The van der Waals surface area contributed by atoms with Crippen molar-refractivity contribution in [3.63, 3.8) is 0 Å². The number of carbonyl (C=O) groups is 1. The van der Waals surface area contributed by atoms with Crippen molar-refractivity contribution >= 4 is 17.4 Å². The molecule has 0 aromatic heterocycles. The number of nitrogens with zero attached hydrogens (tertiary/aromatic N) is 2. The number of aryl methyl sites for hydroxylation is 2. The number of nitrogens with one attached hydrogen (secondary N) is 1. The maximum atomic E-state index is 12.4. The summed E-state index contributed by atoms with van der Waals surface area (Å²) >= 11 is 0. The molecule has 0 saturated heterocycles. The molecule has 1 aliphatic rings. The van der Waals surface area contributed by atoms with E-state index in [1.54, 1.807) is 0 Å². The quantitative estimate of drug-likeness (QED) is 0.918. The summed E-state index contributed by atoms with van der Waals surface area (Å²) in [6.45, 7) is 6.21. The van der Waals surface area contributed by atoms with E-state index >= 15 is 0 Å². The second kappa shape index (κ2) is 5.96. The van der Waals surface area contributed by atoms with Crippen molar-refractivity contribution < 1.29 is 4.79 Å². The topological polar surface area (TPSA) is 35.6 Å². The Morgan fingerprint density at radius 1 is 1.19 bits per heavy atom. The Balaban J connectivity index is 2.13. The molecule has 0 heterocycles. The SMILES string of the molecule is Cc1cc(N(C)C)cc(C)c1NC(=O)N(C)[C@H](C)C1CC1. The molecular formula is C17H27N3O.